The number of nitrogens with zero attached hydrogens (tertiary/aromatic N) is 1. The number of benzene rings is 5. The number of fused-ring (bicyclic) bond motifs is 3. The Labute approximate surface area is 194 Å². The van der Waals surface area contributed by atoms with Gasteiger partial charge in [0.05, 0.1) is 0 Å². The van der Waals surface area contributed by atoms with Gasteiger partial charge in [-0.3, -0.25) is 0 Å². The molecule has 0 fully saturated rings. The summed E-state index contributed by atoms with van der Waals surface area (Å²) in [5, 5.41) is 0. The van der Waals surface area contributed by atoms with E-state index in [1.165, 1.54) is 33.4 Å². The van der Waals surface area contributed by atoms with Crippen LogP contribution in [-0.2, 0) is 0 Å². The highest BCUT2D eigenvalue weighted by Gasteiger charge is 2.36. The van der Waals surface area contributed by atoms with Crippen LogP contribution in [0.15, 0.2) is 133 Å². The van der Waals surface area contributed by atoms with Crippen molar-refractivity contribution < 1.29 is 4.74 Å². The average molecular weight is 423 g/mol. The van der Waals surface area contributed by atoms with Crippen LogP contribution in [0.3, 0.4) is 0 Å². The molecule has 0 radical (unpaired) electrons. The molecule has 5 aromatic rings. The molecular formula is C30H22BNO. The first-order chi connectivity index (χ1) is 16.4. The second kappa shape index (κ2) is 8.36. The van der Waals surface area contributed by atoms with Crippen molar-refractivity contribution in [2.75, 3.05) is 4.81 Å². The number of rotatable bonds is 4. The lowest BCUT2D eigenvalue weighted by atomic mass is 9.45. The Morgan fingerprint density at radius 3 is 1.97 bits per heavy atom. The summed E-state index contributed by atoms with van der Waals surface area (Å²) in [6.45, 7) is 0.0258. The van der Waals surface area contributed by atoms with Gasteiger partial charge in [0.25, 0.3) is 0 Å². The third kappa shape index (κ3) is 3.58. The second-order valence-corrected chi connectivity index (χ2v) is 8.20. The smallest absolute Gasteiger partial charge is 0.328 e. The maximum absolute atomic E-state index is 6.19. The Balaban J connectivity index is 1.53. The molecule has 0 spiro atoms. The van der Waals surface area contributed by atoms with Crippen molar-refractivity contribution >= 4 is 29.1 Å². The largest absolute Gasteiger partial charge is 0.457 e. The Hall–Kier alpha value is -4.24. The predicted octanol–water partition coefficient (Wildman–Crippen LogP) is 6.40. The summed E-state index contributed by atoms with van der Waals surface area (Å²) in [7, 11) is 0. The number of anilines is 2. The quantitative estimate of drug-likeness (QED) is 0.310. The maximum atomic E-state index is 6.19. The average Bonchev–Trinajstić information content (AvgIpc) is 2.89. The standard InChI is InChI=1S/C30H22BNO/c1-3-13-24(14-4-1)32-30-21-10-8-19-28(30)27-18-7-9-20-29(27)31(32)23-12-11-17-26(22-23)33-25-15-5-2-6-16-25/h1-22H. The molecule has 33 heavy (non-hydrogen) atoms. The molecule has 0 atom stereocenters. The molecule has 0 unspecified atom stereocenters. The van der Waals surface area contributed by atoms with Crippen LogP contribution < -0.4 is 20.5 Å². The van der Waals surface area contributed by atoms with Crippen LogP contribution >= 0.6 is 0 Å². The zero-order valence-electron chi connectivity index (χ0n) is 18.1. The Morgan fingerprint density at radius 2 is 1.15 bits per heavy atom. The highest BCUT2D eigenvalue weighted by atomic mass is 16.5. The Bertz CT molecular complexity index is 1400. The molecule has 156 valence electrons. The van der Waals surface area contributed by atoms with Gasteiger partial charge in [-0.05, 0) is 59.0 Å². The first-order valence-corrected chi connectivity index (χ1v) is 11.2. The van der Waals surface area contributed by atoms with Crippen LogP contribution in [0, 0.1) is 0 Å². The van der Waals surface area contributed by atoms with E-state index < -0.39 is 0 Å². The first-order valence-electron chi connectivity index (χ1n) is 11.2. The summed E-state index contributed by atoms with van der Waals surface area (Å²) in [4.78, 5) is 2.44. The Morgan fingerprint density at radius 1 is 0.515 bits per heavy atom. The van der Waals surface area contributed by atoms with Gasteiger partial charge in [-0.1, -0.05) is 91.0 Å². The van der Waals surface area contributed by atoms with Crippen molar-refractivity contribution in [1.82, 2.24) is 0 Å². The van der Waals surface area contributed by atoms with Crippen molar-refractivity contribution in [2.45, 2.75) is 0 Å². The summed E-state index contributed by atoms with van der Waals surface area (Å²) in [6, 6.07) is 46.4. The van der Waals surface area contributed by atoms with Gasteiger partial charge >= 0.3 is 6.85 Å². The lowest BCUT2D eigenvalue weighted by molar-refractivity contribution is 0.483. The summed E-state index contributed by atoms with van der Waals surface area (Å²) in [5.74, 6) is 1.67. The van der Waals surface area contributed by atoms with Crippen molar-refractivity contribution in [3.8, 4) is 22.6 Å². The molecule has 0 amide bonds. The van der Waals surface area contributed by atoms with E-state index in [1.807, 2.05) is 36.4 Å². The van der Waals surface area contributed by atoms with Crippen LogP contribution in [0.4, 0.5) is 11.4 Å². The lowest BCUT2D eigenvalue weighted by Crippen LogP contribution is -2.57. The van der Waals surface area contributed by atoms with Gasteiger partial charge in [0.15, 0.2) is 0 Å². The topological polar surface area (TPSA) is 12.5 Å². The highest BCUT2D eigenvalue weighted by Crippen LogP contribution is 2.39. The van der Waals surface area contributed by atoms with E-state index in [-0.39, 0.29) is 6.85 Å². The molecule has 0 saturated heterocycles. The normalized spacial score (nSPS) is 12.1. The van der Waals surface area contributed by atoms with Crippen LogP contribution in [0.25, 0.3) is 11.1 Å². The summed E-state index contributed by atoms with van der Waals surface area (Å²) < 4.78 is 6.19. The predicted molar refractivity (Wildman–Crippen MR) is 138 cm³/mol. The number of ether oxygens (including phenoxy) is 1. The van der Waals surface area contributed by atoms with Crippen LogP contribution in [0.2, 0.25) is 0 Å². The molecule has 0 saturated carbocycles. The van der Waals surface area contributed by atoms with Crippen LogP contribution in [-0.4, -0.2) is 6.85 Å². The molecule has 0 aliphatic carbocycles. The van der Waals surface area contributed by atoms with Crippen molar-refractivity contribution in [3.63, 3.8) is 0 Å². The van der Waals surface area contributed by atoms with Gasteiger partial charge in [0.2, 0.25) is 0 Å². The first kappa shape index (κ1) is 19.5. The molecule has 1 aliphatic rings. The van der Waals surface area contributed by atoms with E-state index in [0.717, 1.165) is 11.5 Å². The van der Waals surface area contributed by atoms with Crippen molar-refractivity contribution in [1.29, 1.82) is 0 Å². The SMILES string of the molecule is c1ccc(Oc2cccc(B3c4ccccc4-c4ccccc4N3c3ccccc3)c2)cc1. The van der Waals surface area contributed by atoms with Crippen LogP contribution in [0.1, 0.15) is 0 Å². The molecule has 5 aromatic carbocycles. The van der Waals surface area contributed by atoms with E-state index in [9.17, 15) is 0 Å². The molecule has 1 heterocycles. The number of para-hydroxylation sites is 3. The molecular weight excluding hydrogens is 401 g/mol. The lowest BCUT2D eigenvalue weighted by Gasteiger charge is -2.39. The van der Waals surface area contributed by atoms with Gasteiger partial charge < -0.3 is 9.55 Å². The molecule has 2 nitrogen and oxygen atoms in total. The maximum Gasteiger partial charge on any atom is 0.328 e. The fourth-order valence-electron chi connectivity index (χ4n) is 4.75. The van der Waals surface area contributed by atoms with Gasteiger partial charge in [-0.15, -0.1) is 0 Å². The van der Waals surface area contributed by atoms with Crippen molar-refractivity contribution in [3.05, 3.63) is 133 Å². The van der Waals surface area contributed by atoms with E-state index in [2.05, 4.69) is 102 Å². The third-order valence-corrected chi connectivity index (χ3v) is 6.15. The minimum atomic E-state index is 0.0258. The van der Waals surface area contributed by atoms with Gasteiger partial charge in [-0.2, -0.15) is 0 Å². The van der Waals surface area contributed by atoms with E-state index >= 15 is 0 Å². The van der Waals surface area contributed by atoms with Crippen molar-refractivity contribution in [2.24, 2.45) is 0 Å². The fourth-order valence-corrected chi connectivity index (χ4v) is 4.75. The zero-order valence-corrected chi connectivity index (χ0v) is 18.1. The molecule has 0 aromatic heterocycles. The fraction of sp³-hybridized carbons (Fsp3) is 0. The molecule has 1 aliphatic heterocycles. The van der Waals surface area contributed by atoms with E-state index in [4.69, 9.17) is 4.74 Å². The highest BCUT2D eigenvalue weighted by molar-refractivity contribution is 6.90. The number of hydrogen-bond acceptors (Lipinski definition) is 2. The molecule has 6 rings (SSSR count). The third-order valence-electron chi connectivity index (χ3n) is 6.15. The molecule has 0 N–H and O–H groups in total. The summed E-state index contributed by atoms with van der Waals surface area (Å²) in [5.41, 5.74) is 7.39. The monoisotopic (exact) mass is 423 g/mol. The van der Waals surface area contributed by atoms with E-state index in [0.29, 0.717) is 0 Å². The summed E-state index contributed by atoms with van der Waals surface area (Å²) in [6.07, 6.45) is 0. The Kier molecular flexibility index (Phi) is 4.93. The minimum Gasteiger partial charge on any atom is -0.457 e. The van der Waals surface area contributed by atoms with Gasteiger partial charge in [0, 0.05) is 16.9 Å². The number of hydrogen-bond donors (Lipinski definition) is 0. The molecule has 3 heteroatoms. The van der Waals surface area contributed by atoms with Gasteiger partial charge in [-0.25, -0.2) is 0 Å². The van der Waals surface area contributed by atoms with Crippen LogP contribution in [0.5, 0.6) is 11.5 Å². The second-order valence-electron chi connectivity index (χ2n) is 8.20. The van der Waals surface area contributed by atoms with E-state index in [1.54, 1.807) is 0 Å². The minimum absolute atomic E-state index is 0.0258. The van der Waals surface area contributed by atoms with Gasteiger partial charge in [0.1, 0.15) is 11.5 Å². The zero-order chi connectivity index (χ0) is 22.0. The summed E-state index contributed by atoms with van der Waals surface area (Å²) >= 11 is 0. The molecule has 0 bridgehead atoms.